The average Bonchev–Trinajstić information content (AvgIpc) is 2.94. The SMILES string of the molecule is CCOC1=C(C(=O)OC)[C@@H](C(=O)OC)O[C@H]1c1ccccc1. The predicted molar refractivity (Wildman–Crippen MR) is 76.7 cm³/mol. The summed E-state index contributed by atoms with van der Waals surface area (Å²) in [5, 5.41) is 0. The number of carbonyl (C=O) groups is 2. The second-order valence-corrected chi connectivity index (χ2v) is 4.53. The lowest BCUT2D eigenvalue weighted by atomic mass is 10.0. The summed E-state index contributed by atoms with van der Waals surface area (Å²) in [5.41, 5.74) is 0.823. The molecule has 0 aromatic heterocycles. The zero-order valence-corrected chi connectivity index (χ0v) is 12.7. The van der Waals surface area contributed by atoms with Gasteiger partial charge in [-0.05, 0) is 12.5 Å². The van der Waals surface area contributed by atoms with Gasteiger partial charge in [0, 0.05) is 0 Å². The zero-order valence-electron chi connectivity index (χ0n) is 12.7. The summed E-state index contributed by atoms with van der Waals surface area (Å²) >= 11 is 0. The van der Waals surface area contributed by atoms with Crippen molar-refractivity contribution in [2.45, 2.75) is 19.1 Å². The Bertz CT molecular complexity index is 578. The van der Waals surface area contributed by atoms with Gasteiger partial charge in [-0.25, -0.2) is 9.59 Å². The highest BCUT2D eigenvalue weighted by Crippen LogP contribution is 2.39. The average molecular weight is 306 g/mol. The van der Waals surface area contributed by atoms with Crippen LogP contribution in [0.4, 0.5) is 0 Å². The Kier molecular flexibility index (Phi) is 5.16. The van der Waals surface area contributed by atoms with Crippen LogP contribution < -0.4 is 0 Å². The highest BCUT2D eigenvalue weighted by molar-refractivity contribution is 5.98. The molecule has 0 radical (unpaired) electrons. The molecule has 2 atom stereocenters. The van der Waals surface area contributed by atoms with Crippen LogP contribution in [0.5, 0.6) is 0 Å². The molecule has 0 N–H and O–H groups in total. The number of hydrogen-bond acceptors (Lipinski definition) is 6. The third kappa shape index (κ3) is 2.96. The molecule has 22 heavy (non-hydrogen) atoms. The number of carbonyl (C=O) groups excluding carboxylic acids is 2. The summed E-state index contributed by atoms with van der Waals surface area (Å²) in [6.45, 7) is 2.12. The fourth-order valence-electron chi connectivity index (χ4n) is 2.30. The molecule has 1 heterocycles. The third-order valence-electron chi connectivity index (χ3n) is 3.26. The summed E-state index contributed by atoms with van der Waals surface area (Å²) in [6, 6.07) is 9.20. The van der Waals surface area contributed by atoms with Crippen LogP contribution in [-0.2, 0) is 28.5 Å². The molecule has 2 rings (SSSR count). The van der Waals surface area contributed by atoms with E-state index in [1.165, 1.54) is 14.2 Å². The molecule has 0 unspecified atom stereocenters. The van der Waals surface area contributed by atoms with Crippen LogP contribution >= 0.6 is 0 Å². The predicted octanol–water partition coefficient (Wildman–Crippen LogP) is 1.76. The van der Waals surface area contributed by atoms with Crippen molar-refractivity contribution in [3.63, 3.8) is 0 Å². The Morgan fingerprint density at radius 3 is 2.36 bits per heavy atom. The van der Waals surface area contributed by atoms with E-state index >= 15 is 0 Å². The van der Waals surface area contributed by atoms with Crippen molar-refractivity contribution in [2.75, 3.05) is 20.8 Å². The first-order valence-electron chi connectivity index (χ1n) is 6.87. The maximum absolute atomic E-state index is 12.1. The lowest BCUT2D eigenvalue weighted by Gasteiger charge is -2.16. The van der Waals surface area contributed by atoms with Gasteiger partial charge in [-0.1, -0.05) is 30.3 Å². The van der Waals surface area contributed by atoms with E-state index < -0.39 is 24.1 Å². The van der Waals surface area contributed by atoms with Crippen molar-refractivity contribution in [2.24, 2.45) is 0 Å². The number of rotatable bonds is 5. The molecule has 0 saturated heterocycles. The van der Waals surface area contributed by atoms with Crippen LogP contribution in [0.3, 0.4) is 0 Å². The molecule has 1 aromatic carbocycles. The number of benzene rings is 1. The molecular weight excluding hydrogens is 288 g/mol. The first-order valence-corrected chi connectivity index (χ1v) is 6.87. The smallest absolute Gasteiger partial charge is 0.340 e. The summed E-state index contributed by atoms with van der Waals surface area (Å²) in [6.07, 6.45) is -1.82. The second-order valence-electron chi connectivity index (χ2n) is 4.53. The van der Waals surface area contributed by atoms with Gasteiger partial charge in [-0.3, -0.25) is 0 Å². The third-order valence-corrected chi connectivity index (χ3v) is 3.26. The quantitative estimate of drug-likeness (QED) is 0.772. The Labute approximate surface area is 128 Å². The van der Waals surface area contributed by atoms with Crippen molar-refractivity contribution >= 4 is 11.9 Å². The topological polar surface area (TPSA) is 71.1 Å². The minimum Gasteiger partial charge on any atom is -0.494 e. The fraction of sp³-hybridized carbons (Fsp3) is 0.375. The van der Waals surface area contributed by atoms with Gasteiger partial charge in [0.2, 0.25) is 0 Å². The van der Waals surface area contributed by atoms with Crippen LogP contribution in [0.2, 0.25) is 0 Å². The Morgan fingerprint density at radius 2 is 1.82 bits per heavy atom. The van der Waals surface area contributed by atoms with Crippen molar-refractivity contribution < 1.29 is 28.5 Å². The Balaban J connectivity index is 2.50. The second kappa shape index (κ2) is 7.09. The first-order chi connectivity index (χ1) is 10.6. The standard InChI is InChI=1S/C16H18O6/c1-4-21-13-11(15(17)19-2)14(16(18)20-3)22-12(13)10-8-6-5-7-9-10/h5-9,12,14H,4H2,1-3H3/t12-,14-/m0/s1. The Hall–Kier alpha value is -2.34. The first kappa shape index (κ1) is 16.0. The van der Waals surface area contributed by atoms with Gasteiger partial charge < -0.3 is 18.9 Å². The number of hydrogen-bond donors (Lipinski definition) is 0. The van der Waals surface area contributed by atoms with E-state index in [0.717, 1.165) is 5.56 Å². The van der Waals surface area contributed by atoms with Gasteiger partial charge >= 0.3 is 11.9 Å². The van der Waals surface area contributed by atoms with Gasteiger partial charge in [-0.15, -0.1) is 0 Å². The maximum atomic E-state index is 12.1. The number of esters is 2. The van der Waals surface area contributed by atoms with Crippen LogP contribution in [0.25, 0.3) is 0 Å². The van der Waals surface area contributed by atoms with Crippen LogP contribution in [0.15, 0.2) is 41.7 Å². The lowest BCUT2D eigenvalue weighted by molar-refractivity contribution is -0.155. The molecule has 0 fully saturated rings. The van der Waals surface area contributed by atoms with Gasteiger partial charge in [0.25, 0.3) is 0 Å². The molecule has 6 heteroatoms. The largest absolute Gasteiger partial charge is 0.494 e. The molecule has 0 amide bonds. The monoisotopic (exact) mass is 306 g/mol. The molecule has 1 aliphatic heterocycles. The van der Waals surface area contributed by atoms with E-state index in [0.29, 0.717) is 6.61 Å². The number of methoxy groups -OCH3 is 2. The summed E-state index contributed by atoms with van der Waals surface area (Å²) in [4.78, 5) is 24.0. The molecular formula is C16H18O6. The molecule has 0 saturated carbocycles. The normalized spacial score (nSPS) is 20.7. The van der Waals surface area contributed by atoms with Crippen LogP contribution in [0, 0.1) is 0 Å². The van der Waals surface area contributed by atoms with E-state index in [4.69, 9.17) is 18.9 Å². The molecule has 6 nitrogen and oxygen atoms in total. The van der Waals surface area contributed by atoms with Crippen LogP contribution in [-0.4, -0.2) is 38.9 Å². The molecule has 1 aliphatic rings. The van der Waals surface area contributed by atoms with Gasteiger partial charge in [-0.2, -0.15) is 0 Å². The van der Waals surface area contributed by atoms with E-state index in [9.17, 15) is 9.59 Å². The Morgan fingerprint density at radius 1 is 1.14 bits per heavy atom. The van der Waals surface area contributed by atoms with Crippen molar-refractivity contribution in [1.82, 2.24) is 0 Å². The molecule has 1 aromatic rings. The van der Waals surface area contributed by atoms with E-state index in [1.54, 1.807) is 6.92 Å². The summed E-state index contributed by atoms with van der Waals surface area (Å²) < 4.78 is 20.8. The minimum atomic E-state index is -1.16. The summed E-state index contributed by atoms with van der Waals surface area (Å²) in [5.74, 6) is -1.05. The van der Waals surface area contributed by atoms with Gasteiger partial charge in [0.15, 0.2) is 6.10 Å². The maximum Gasteiger partial charge on any atom is 0.340 e. The summed E-state index contributed by atoms with van der Waals surface area (Å²) in [7, 11) is 2.47. The van der Waals surface area contributed by atoms with E-state index in [-0.39, 0.29) is 11.3 Å². The minimum absolute atomic E-state index is 0.0463. The molecule has 118 valence electrons. The molecule has 0 aliphatic carbocycles. The van der Waals surface area contributed by atoms with E-state index in [1.807, 2.05) is 30.3 Å². The lowest BCUT2D eigenvalue weighted by Crippen LogP contribution is -2.28. The van der Waals surface area contributed by atoms with Gasteiger partial charge in [0.05, 0.1) is 20.8 Å². The van der Waals surface area contributed by atoms with Crippen LogP contribution in [0.1, 0.15) is 18.6 Å². The highest BCUT2D eigenvalue weighted by atomic mass is 16.6. The number of ether oxygens (including phenoxy) is 4. The highest BCUT2D eigenvalue weighted by Gasteiger charge is 2.45. The van der Waals surface area contributed by atoms with E-state index in [2.05, 4.69) is 0 Å². The van der Waals surface area contributed by atoms with Gasteiger partial charge in [0.1, 0.15) is 17.4 Å². The van der Waals surface area contributed by atoms with Crippen molar-refractivity contribution in [3.8, 4) is 0 Å². The van der Waals surface area contributed by atoms with Crippen molar-refractivity contribution in [1.29, 1.82) is 0 Å². The van der Waals surface area contributed by atoms with Crippen molar-refractivity contribution in [3.05, 3.63) is 47.2 Å². The fourth-order valence-corrected chi connectivity index (χ4v) is 2.30. The molecule has 0 bridgehead atoms. The molecule has 0 spiro atoms. The zero-order chi connectivity index (χ0) is 16.1.